The average molecular weight is 95.1 g/mol. The lowest BCUT2D eigenvalue weighted by molar-refractivity contribution is 0.748. The Labute approximate surface area is 44.0 Å². The van der Waals surface area contributed by atoms with Crippen molar-refractivity contribution in [2.24, 2.45) is 5.92 Å². The highest BCUT2D eigenvalue weighted by atomic mass is 14.3. The molecule has 0 unspecified atom stereocenters. The Hall–Kier alpha value is -0.510. The van der Waals surface area contributed by atoms with Crippen molar-refractivity contribution in [2.75, 3.05) is 0 Å². The monoisotopic (exact) mass is 95.1 g/mol. The summed E-state index contributed by atoms with van der Waals surface area (Å²) in [6, 6.07) is 2.14. The predicted octanol–water partition coefficient (Wildman–Crippen LogP) is 1.70. The number of hydrogen-bond acceptors (Lipinski definition) is 1. The third kappa shape index (κ3) is 1.59. The summed E-state index contributed by atoms with van der Waals surface area (Å²) in [6.07, 6.45) is 4.67. The highest BCUT2D eigenvalue weighted by molar-refractivity contribution is 4.78. The standard InChI is InChI=1S/C6H9N/c7-5-1-2-6-3-4-6/h6H,1-4H2. The maximum Gasteiger partial charge on any atom is 0.0621 e. The molecule has 38 valence electrons. The molecule has 0 heterocycles. The Morgan fingerprint density at radius 1 is 1.57 bits per heavy atom. The van der Waals surface area contributed by atoms with Crippen molar-refractivity contribution >= 4 is 0 Å². The summed E-state index contributed by atoms with van der Waals surface area (Å²) in [7, 11) is 0. The molecule has 1 aliphatic rings. The molecule has 7 heavy (non-hydrogen) atoms. The lowest BCUT2D eigenvalue weighted by Gasteiger charge is -1.81. The lowest BCUT2D eigenvalue weighted by Crippen LogP contribution is -1.70. The summed E-state index contributed by atoms with van der Waals surface area (Å²) in [5, 5.41) is 8.09. The van der Waals surface area contributed by atoms with E-state index in [1.807, 2.05) is 0 Å². The van der Waals surface area contributed by atoms with E-state index < -0.39 is 0 Å². The summed E-state index contributed by atoms with van der Waals surface area (Å²) in [6.45, 7) is 0. The summed E-state index contributed by atoms with van der Waals surface area (Å²) in [5.74, 6) is 0.930. The van der Waals surface area contributed by atoms with E-state index in [0.29, 0.717) is 0 Å². The quantitative estimate of drug-likeness (QED) is 0.512. The molecule has 0 bridgehead atoms. The Balaban J connectivity index is 1.91. The van der Waals surface area contributed by atoms with Gasteiger partial charge in [-0.25, -0.2) is 0 Å². The van der Waals surface area contributed by atoms with Gasteiger partial charge in [-0.3, -0.25) is 0 Å². The first kappa shape index (κ1) is 4.64. The van der Waals surface area contributed by atoms with Gasteiger partial charge in [-0.15, -0.1) is 0 Å². The van der Waals surface area contributed by atoms with Gasteiger partial charge in [0.15, 0.2) is 0 Å². The number of rotatable bonds is 2. The second-order valence-corrected chi connectivity index (χ2v) is 2.14. The molecule has 0 spiro atoms. The van der Waals surface area contributed by atoms with Crippen LogP contribution in [0, 0.1) is 17.2 Å². The van der Waals surface area contributed by atoms with Crippen molar-refractivity contribution in [1.82, 2.24) is 0 Å². The van der Waals surface area contributed by atoms with Crippen LogP contribution in [0.15, 0.2) is 0 Å². The molecule has 0 saturated heterocycles. The summed E-state index contributed by atoms with van der Waals surface area (Å²) in [4.78, 5) is 0. The molecule has 1 heteroatoms. The van der Waals surface area contributed by atoms with Crippen LogP contribution in [0.5, 0.6) is 0 Å². The van der Waals surface area contributed by atoms with E-state index >= 15 is 0 Å². The number of nitriles is 1. The van der Waals surface area contributed by atoms with Crippen LogP contribution in [0.1, 0.15) is 25.7 Å². The predicted molar refractivity (Wildman–Crippen MR) is 27.6 cm³/mol. The van der Waals surface area contributed by atoms with Gasteiger partial charge in [-0.05, 0) is 12.3 Å². The zero-order chi connectivity index (χ0) is 5.11. The maximum atomic E-state index is 8.09. The fourth-order valence-corrected chi connectivity index (χ4v) is 0.675. The average Bonchev–Trinajstić information content (AvgIpc) is 2.42. The van der Waals surface area contributed by atoms with Gasteiger partial charge < -0.3 is 0 Å². The van der Waals surface area contributed by atoms with Crippen molar-refractivity contribution in [3.63, 3.8) is 0 Å². The van der Waals surface area contributed by atoms with E-state index in [1.165, 1.54) is 12.8 Å². The van der Waals surface area contributed by atoms with Crippen LogP contribution in [0.4, 0.5) is 0 Å². The van der Waals surface area contributed by atoms with Crippen molar-refractivity contribution in [3.05, 3.63) is 0 Å². The maximum absolute atomic E-state index is 8.09. The Morgan fingerprint density at radius 2 is 2.29 bits per heavy atom. The molecule has 1 nitrogen and oxygen atoms in total. The molecule has 0 aromatic carbocycles. The fraction of sp³-hybridized carbons (Fsp3) is 0.833. The SMILES string of the molecule is N#CCCC1CC1. The number of nitrogens with zero attached hydrogens (tertiary/aromatic N) is 1. The largest absolute Gasteiger partial charge is 0.198 e. The highest BCUT2D eigenvalue weighted by Gasteiger charge is 2.19. The second-order valence-electron chi connectivity index (χ2n) is 2.14. The van der Waals surface area contributed by atoms with Crippen LogP contribution in [0.2, 0.25) is 0 Å². The van der Waals surface area contributed by atoms with Crippen molar-refractivity contribution < 1.29 is 0 Å². The Morgan fingerprint density at radius 3 is 2.71 bits per heavy atom. The van der Waals surface area contributed by atoms with E-state index in [9.17, 15) is 0 Å². The number of hydrogen-bond donors (Lipinski definition) is 0. The molecule has 1 rings (SSSR count). The molecular formula is C6H9N. The summed E-state index contributed by atoms with van der Waals surface area (Å²) in [5.41, 5.74) is 0. The van der Waals surface area contributed by atoms with Crippen LogP contribution in [0.25, 0.3) is 0 Å². The zero-order valence-electron chi connectivity index (χ0n) is 4.35. The summed E-state index contributed by atoms with van der Waals surface area (Å²) >= 11 is 0. The van der Waals surface area contributed by atoms with E-state index in [2.05, 4.69) is 6.07 Å². The van der Waals surface area contributed by atoms with Gasteiger partial charge in [0.25, 0.3) is 0 Å². The smallest absolute Gasteiger partial charge is 0.0621 e. The molecule has 1 aliphatic carbocycles. The highest BCUT2D eigenvalue weighted by Crippen LogP contribution is 2.32. The van der Waals surface area contributed by atoms with Crippen LogP contribution in [-0.4, -0.2) is 0 Å². The molecule has 0 aromatic rings. The van der Waals surface area contributed by atoms with Crippen molar-refractivity contribution in [3.8, 4) is 6.07 Å². The van der Waals surface area contributed by atoms with Crippen LogP contribution in [0.3, 0.4) is 0 Å². The molecule has 1 fully saturated rings. The molecule has 0 atom stereocenters. The molecule has 1 saturated carbocycles. The zero-order valence-corrected chi connectivity index (χ0v) is 4.35. The van der Waals surface area contributed by atoms with Gasteiger partial charge >= 0.3 is 0 Å². The van der Waals surface area contributed by atoms with Crippen molar-refractivity contribution in [1.29, 1.82) is 5.26 Å². The minimum atomic E-state index is 0.769. The molecule has 0 radical (unpaired) electrons. The van der Waals surface area contributed by atoms with E-state index in [4.69, 9.17) is 5.26 Å². The van der Waals surface area contributed by atoms with Crippen LogP contribution < -0.4 is 0 Å². The van der Waals surface area contributed by atoms with Gasteiger partial charge in [-0.2, -0.15) is 5.26 Å². The fourth-order valence-electron chi connectivity index (χ4n) is 0.675. The summed E-state index contributed by atoms with van der Waals surface area (Å²) < 4.78 is 0. The third-order valence-corrected chi connectivity index (χ3v) is 1.36. The third-order valence-electron chi connectivity index (χ3n) is 1.36. The minimum Gasteiger partial charge on any atom is -0.198 e. The van der Waals surface area contributed by atoms with Gasteiger partial charge in [-0.1, -0.05) is 12.8 Å². The Bertz CT molecular complexity index is 86.8. The molecular weight excluding hydrogens is 86.1 g/mol. The second kappa shape index (κ2) is 1.97. The molecule has 0 aliphatic heterocycles. The van der Waals surface area contributed by atoms with Crippen LogP contribution >= 0.6 is 0 Å². The molecule has 0 aromatic heterocycles. The molecule has 0 amide bonds. The Kier molecular flexibility index (Phi) is 1.31. The normalized spacial score (nSPS) is 18.7. The van der Waals surface area contributed by atoms with Gasteiger partial charge in [0.1, 0.15) is 0 Å². The van der Waals surface area contributed by atoms with Crippen molar-refractivity contribution in [2.45, 2.75) is 25.7 Å². The topological polar surface area (TPSA) is 23.8 Å². The first-order chi connectivity index (χ1) is 3.43. The van der Waals surface area contributed by atoms with E-state index in [1.54, 1.807) is 0 Å². The van der Waals surface area contributed by atoms with Crippen LogP contribution in [-0.2, 0) is 0 Å². The van der Waals surface area contributed by atoms with Gasteiger partial charge in [0.05, 0.1) is 6.07 Å². The van der Waals surface area contributed by atoms with Gasteiger partial charge in [0, 0.05) is 6.42 Å². The molecule has 0 N–H and O–H groups in total. The lowest BCUT2D eigenvalue weighted by atomic mass is 10.2. The minimum absolute atomic E-state index is 0.769. The first-order valence-electron chi connectivity index (χ1n) is 2.80. The van der Waals surface area contributed by atoms with E-state index in [-0.39, 0.29) is 0 Å². The van der Waals surface area contributed by atoms with Gasteiger partial charge in [0.2, 0.25) is 0 Å². The first-order valence-corrected chi connectivity index (χ1v) is 2.80. The van der Waals surface area contributed by atoms with E-state index in [0.717, 1.165) is 18.8 Å².